The lowest BCUT2D eigenvalue weighted by Crippen LogP contribution is -2.24. The van der Waals surface area contributed by atoms with Gasteiger partial charge in [-0.3, -0.25) is 4.79 Å². The topological polar surface area (TPSA) is 59.9 Å². The second-order valence-electron chi connectivity index (χ2n) is 5.47. The highest BCUT2D eigenvalue weighted by Crippen LogP contribution is 2.19. The molecule has 0 bridgehead atoms. The zero-order chi connectivity index (χ0) is 18.1. The summed E-state index contributed by atoms with van der Waals surface area (Å²) >= 11 is 0. The fourth-order valence-electron chi connectivity index (χ4n) is 2.14. The van der Waals surface area contributed by atoms with E-state index in [2.05, 4.69) is 10.5 Å². The van der Waals surface area contributed by atoms with Crippen LogP contribution in [0.4, 0.5) is 0 Å². The standard InChI is InChI=1S/C20H22N2O3/c1-15-10-11-16(2)19(13-15)25-14-20(23)22-21-12-6-8-17-7-4-5-9-18(17)24-3/h4-13H,14H2,1-3H3,(H,22,23)/b8-6+,21-12-. The van der Waals surface area contributed by atoms with Gasteiger partial charge in [-0.25, -0.2) is 5.43 Å². The normalized spacial score (nSPS) is 11.0. The molecule has 130 valence electrons. The predicted octanol–water partition coefficient (Wildman–Crippen LogP) is 3.51. The highest BCUT2D eigenvalue weighted by molar-refractivity contribution is 5.82. The van der Waals surface area contributed by atoms with Crippen LogP contribution in [0.3, 0.4) is 0 Å². The average molecular weight is 338 g/mol. The van der Waals surface area contributed by atoms with Crippen LogP contribution in [0.2, 0.25) is 0 Å². The maximum Gasteiger partial charge on any atom is 0.277 e. The van der Waals surface area contributed by atoms with E-state index in [4.69, 9.17) is 9.47 Å². The molecule has 25 heavy (non-hydrogen) atoms. The Bertz CT molecular complexity index is 782. The molecule has 0 saturated carbocycles. The Kier molecular flexibility index (Phi) is 6.77. The molecule has 0 unspecified atom stereocenters. The highest BCUT2D eigenvalue weighted by atomic mass is 16.5. The molecule has 0 atom stereocenters. The summed E-state index contributed by atoms with van der Waals surface area (Å²) < 4.78 is 10.8. The SMILES string of the molecule is COc1ccccc1/C=C/C=N\NC(=O)COc1cc(C)ccc1C. The van der Waals surface area contributed by atoms with Crippen LogP contribution in [0.15, 0.2) is 53.6 Å². The molecule has 1 N–H and O–H groups in total. The molecule has 0 aliphatic rings. The van der Waals surface area contributed by atoms with Gasteiger partial charge in [-0.05, 0) is 49.3 Å². The van der Waals surface area contributed by atoms with Gasteiger partial charge in [-0.2, -0.15) is 5.10 Å². The molecule has 0 saturated heterocycles. The van der Waals surface area contributed by atoms with Crippen LogP contribution in [0.5, 0.6) is 11.5 Å². The van der Waals surface area contributed by atoms with Crippen molar-refractivity contribution in [2.24, 2.45) is 5.10 Å². The van der Waals surface area contributed by atoms with E-state index in [1.165, 1.54) is 6.21 Å². The number of carbonyl (C=O) groups excluding carboxylic acids is 1. The fourth-order valence-corrected chi connectivity index (χ4v) is 2.14. The van der Waals surface area contributed by atoms with Crippen LogP contribution < -0.4 is 14.9 Å². The Morgan fingerprint density at radius 2 is 1.96 bits per heavy atom. The van der Waals surface area contributed by atoms with E-state index in [1.807, 2.05) is 62.4 Å². The second-order valence-corrected chi connectivity index (χ2v) is 5.47. The van der Waals surface area contributed by atoms with Crippen LogP contribution >= 0.6 is 0 Å². The first-order chi connectivity index (χ1) is 12.1. The predicted molar refractivity (Wildman–Crippen MR) is 100 cm³/mol. The van der Waals surface area contributed by atoms with Gasteiger partial charge in [0.2, 0.25) is 0 Å². The van der Waals surface area contributed by atoms with Crippen molar-refractivity contribution in [3.63, 3.8) is 0 Å². The number of ether oxygens (including phenoxy) is 2. The average Bonchev–Trinajstić information content (AvgIpc) is 2.62. The monoisotopic (exact) mass is 338 g/mol. The lowest BCUT2D eigenvalue weighted by atomic mass is 10.1. The van der Waals surface area contributed by atoms with Crippen molar-refractivity contribution in [2.75, 3.05) is 13.7 Å². The fraction of sp³-hybridized carbons (Fsp3) is 0.200. The highest BCUT2D eigenvalue weighted by Gasteiger charge is 2.04. The third-order valence-corrected chi connectivity index (χ3v) is 3.47. The first-order valence-electron chi connectivity index (χ1n) is 7.92. The van der Waals surface area contributed by atoms with E-state index >= 15 is 0 Å². The molecule has 5 nitrogen and oxygen atoms in total. The molecule has 0 spiro atoms. The number of hydrazone groups is 1. The Labute approximate surface area is 148 Å². The van der Waals surface area contributed by atoms with Gasteiger partial charge in [0.1, 0.15) is 11.5 Å². The number of aryl methyl sites for hydroxylation is 2. The summed E-state index contributed by atoms with van der Waals surface area (Å²) in [5, 5.41) is 3.86. The number of hydrogen-bond acceptors (Lipinski definition) is 4. The van der Waals surface area contributed by atoms with Crippen molar-refractivity contribution < 1.29 is 14.3 Å². The van der Waals surface area contributed by atoms with Crippen LogP contribution in [0.25, 0.3) is 6.08 Å². The molecule has 2 aromatic rings. The Hall–Kier alpha value is -3.08. The smallest absolute Gasteiger partial charge is 0.277 e. The van der Waals surface area contributed by atoms with Crippen molar-refractivity contribution in [3.05, 3.63) is 65.2 Å². The third kappa shape index (κ3) is 5.80. The molecular weight excluding hydrogens is 316 g/mol. The summed E-state index contributed by atoms with van der Waals surface area (Å²) in [5.74, 6) is 1.16. The molecule has 2 aromatic carbocycles. The summed E-state index contributed by atoms with van der Waals surface area (Å²) in [5.41, 5.74) is 5.43. The number of nitrogens with zero attached hydrogens (tertiary/aromatic N) is 1. The zero-order valence-corrected chi connectivity index (χ0v) is 14.7. The van der Waals surface area contributed by atoms with E-state index < -0.39 is 0 Å². The van der Waals surface area contributed by atoms with Crippen LogP contribution in [0, 0.1) is 13.8 Å². The van der Waals surface area contributed by atoms with Crippen LogP contribution in [-0.2, 0) is 4.79 Å². The minimum Gasteiger partial charge on any atom is -0.496 e. The molecular formula is C20H22N2O3. The quantitative estimate of drug-likeness (QED) is 0.621. The number of allylic oxidation sites excluding steroid dienone is 1. The molecule has 5 heteroatoms. The van der Waals surface area contributed by atoms with E-state index in [0.29, 0.717) is 5.75 Å². The lowest BCUT2D eigenvalue weighted by molar-refractivity contribution is -0.123. The number of rotatable bonds is 7. The maximum atomic E-state index is 11.8. The molecule has 0 aromatic heterocycles. The molecule has 0 radical (unpaired) electrons. The molecule has 0 heterocycles. The Morgan fingerprint density at radius 3 is 2.76 bits per heavy atom. The van der Waals surface area contributed by atoms with Crippen molar-refractivity contribution in [3.8, 4) is 11.5 Å². The Balaban J connectivity index is 1.80. The van der Waals surface area contributed by atoms with E-state index in [-0.39, 0.29) is 12.5 Å². The number of amides is 1. The first kappa shape index (κ1) is 18.3. The van der Waals surface area contributed by atoms with Gasteiger partial charge in [-0.15, -0.1) is 0 Å². The van der Waals surface area contributed by atoms with Crippen LogP contribution in [-0.4, -0.2) is 25.8 Å². The summed E-state index contributed by atoms with van der Waals surface area (Å²) in [6, 6.07) is 13.5. The van der Waals surface area contributed by atoms with E-state index in [0.717, 1.165) is 22.4 Å². The minimum absolute atomic E-state index is 0.0855. The minimum atomic E-state index is -0.317. The van der Waals surface area contributed by atoms with Crippen molar-refractivity contribution in [2.45, 2.75) is 13.8 Å². The van der Waals surface area contributed by atoms with Gasteiger partial charge >= 0.3 is 0 Å². The molecule has 2 rings (SSSR count). The van der Waals surface area contributed by atoms with Gasteiger partial charge in [0.05, 0.1) is 7.11 Å². The molecule has 0 aliphatic heterocycles. The second kappa shape index (κ2) is 9.27. The summed E-state index contributed by atoms with van der Waals surface area (Å²) in [6.45, 7) is 3.83. The largest absolute Gasteiger partial charge is 0.496 e. The molecule has 1 amide bonds. The number of hydrogen-bond donors (Lipinski definition) is 1. The number of benzene rings is 2. The van der Waals surface area contributed by atoms with Gasteiger partial charge in [0.15, 0.2) is 6.61 Å². The van der Waals surface area contributed by atoms with Gasteiger partial charge in [0, 0.05) is 11.8 Å². The maximum absolute atomic E-state index is 11.8. The number of carbonyl (C=O) groups is 1. The number of nitrogens with one attached hydrogen (secondary N) is 1. The van der Waals surface area contributed by atoms with Crippen molar-refractivity contribution >= 4 is 18.2 Å². The summed E-state index contributed by atoms with van der Waals surface area (Å²) in [7, 11) is 1.62. The first-order valence-corrected chi connectivity index (χ1v) is 7.92. The van der Waals surface area contributed by atoms with Crippen molar-refractivity contribution in [1.29, 1.82) is 0 Å². The number of para-hydroxylation sites is 1. The van der Waals surface area contributed by atoms with Crippen molar-refractivity contribution in [1.82, 2.24) is 5.43 Å². The summed E-state index contributed by atoms with van der Waals surface area (Å²) in [6.07, 6.45) is 5.08. The third-order valence-electron chi connectivity index (χ3n) is 3.47. The van der Waals surface area contributed by atoms with E-state index in [1.54, 1.807) is 13.2 Å². The molecule has 0 aliphatic carbocycles. The van der Waals surface area contributed by atoms with Crippen LogP contribution in [0.1, 0.15) is 16.7 Å². The Morgan fingerprint density at radius 1 is 1.16 bits per heavy atom. The van der Waals surface area contributed by atoms with Gasteiger partial charge < -0.3 is 9.47 Å². The summed E-state index contributed by atoms with van der Waals surface area (Å²) in [4.78, 5) is 11.8. The molecule has 0 fully saturated rings. The van der Waals surface area contributed by atoms with Gasteiger partial charge in [0.25, 0.3) is 5.91 Å². The van der Waals surface area contributed by atoms with Gasteiger partial charge in [-0.1, -0.05) is 30.3 Å². The number of methoxy groups -OCH3 is 1. The lowest BCUT2D eigenvalue weighted by Gasteiger charge is -2.08. The van der Waals surface area contributed by atoms with E-state index in [9.17, 15) is 4.79 Å². The zero-order valence-electron chi connectivity index (χ0n) is 14.7.